The minimum absolute atomic E-state index is 0.265. The molecule has 0 radical (unpaired) electrons. The van der Waals surface area contributed by atoms with Gasteiger partial charge in [-0.2, -0.15) is 0 Å². The van der Waals surface area contributed by atoms with Crippen LogP contribution in [0.4, 0.5) is 0 Å². The van der Waals surface area contributed by atoms with E-state index in [4.69, 9.17) is 14.0 Å². The zero-order valence-corrected chi connectivity index (χ0v) is 15.5. The van der Waals surface area contributed by atoms with Crippen LogP contribution in [0.2, 0.25) is 0 Å². The van der Waals surface area contributed by atoms with Crippen LogP contribution in [0.5, 0.6) is 0 Å². The second kappa shape index (κ2) is 12.6. The zero-order valence-electron chi connectivity index (χ0n) is 14.6. The van der Waals surface area contributed by atoms with E-state index in [9.17, 15) is 4.57 Å². The molecule has 128 valence electrons. The first kappa shape index (κ1) is 21.1. The van der Waals surface area contributed by atoms with Gasteiger partial charge in [0.2, 0.25) is 0 Å². The van der Waals surface area contributed by atoms with Gasteiger partial charge in [-0.05, 0) is 26.2 Å². The normalized spacial score (nSPS) is 16.1. The smallest absolute Gasteiger partial charge is 0.200 e. The number of hydrogen-bond donors (Lipinski definition) is 0. The monoisotopic (exact) mass is 322 g/mol. The van der Waals surface area contributed by atoms with Gasteiger partial charge in [-0.25, -0.2) is 0 Å². The van der Waals surface area contributed by atoms with Gasteiger partial charge in [0.25, 0.3) is 0 Å². The van der Waals surface area contributed by atoms with Crippen molar-refractivity contribution in [1.29, 1.82) is 0 Å². The lowest BCUT2D eigenvalue weighted by Gasteiger charge is -2.22. The summed E-state index contributed by atoms with van der Waals surface area (Å²) in [6.45, 7) is 11.8. The Morgan fingerprint density at radius 3 is 2.10 bits per heavy atom. The van der Waals surface area contributed by atoms with Gasteiger partial charge in [-0.3, -0.25) is 4.57 Å². The molecule has 0 N–H and O–H groups in total. The van der Waals surface area contributed by atoms with Crippen LogP contribution in [0, 0.1) is 5.92 Å². The van der Waals surface area contributed by atoms with Crippen LogP contribution in [-0.2, 0) is 18.6 Å². The van der Waals surface area contributed by atoms with Gasteiger partial charge in [0, 0.05) is 32.5 Å². The van der Waals surface area contributed by atoms with E-state index in [-0.39, 0.29) is 6.29 Å². The molecule has 0 aromatic rings. The van der Waals surface area contributed by atoms with Crippen molar-refractivity contribution in [2.24, 2.45) is 5.92 Å². The molecule has 4 nitrogen and oxygen atoms in total. The predicted octanol–water partition coefficient (Wildman–Crippen LogP) is 4.92. The highest BCUT2D eigenvalue weighted by Gasteiger charge is 2.21. The molecule has 2 atom stereocenters. The minimum Gasteiger partial charge on any atom is -0.353 e. The Balaban J connectivity index is 4.13. The first-order valence-corrected chi connectivity index (χ1v) is 10.7. The number of unbranched alkanes of at least 4 members (excludes halogenated alkanes) is 1. The Labute approximate surface area is 131 Å². The molecule has 5 heteroatoms. The summed E-state index contributed by atoms with van der Waals surface area (Å²) in [5, 5.41) is 0. The summed E-state index contributed by atoms with van der Waals surface area (Å²) in [5.41, 5.74) is 0. The fourth-order valence-corrected chi connectivity index (χ4v) is 3.49. The Hall–Kier alpha value is 0.110. The lowest BCUT2D eigenvalue weighted by molar-refractivity contribution is -0.136. The van der Waals surface area contributed by atoms with E-state index in [1.165, 1.54) is 12.8 Å². The summed E-state index contributed by atoms with van der Waals surface area (Å²) >= 11 is 0. The summed E-state index contributed by atoms with van der Waals surface area (Å²) in [4.78, 5) is 0. The minimum atomic E-state index is -2.55. The van der Waals surface area contributed by atoms with Crippen LogP contribution >= 0.6 is 7.37 Å². The van der Waals surface area contributed by atoms with Gasteiger partial charge in [-0.1, -0.05) is 33.1 Å². The topological polar surface area (TPSA) is 44.8 Å². The molecular formula is C16H35O4P. The summed E-state index contributed by atoms with van der Waals surface area (Å²) in [6, 6.07) is 0. The molecular weight excluding hydrogens is 287 g/mol. The molecule has 0 aliphatic rings. The molecule has 0 fully saturated rings. The van der Waals surface area contributed by atoms with Crippen LogP contribution in [0.1, 0.15) is 59.8 Å². The van der Waals surface area contributed by atoms with Crippen molar-refractivity contribution < 1.29 is 18.6 Å². The first-order chi connectivity index (χ1) is 9.99. The summed E-state index contributed by atoms with van der Waals surface area (Å²) in [6.07, 6.45) is 5.54. The van der Waals surface area contributed by atoms with E-state index in [0.717, 1.165) is 12.8 Å². The third-order valence-electron chi connectivity index (χ3n) is 3.60. The molecule has 0 rings (SSSR count). The molecule has 0 spiro atoms. The quantitative estimate of drug-likeness (QED) is 0.336. The van der Waals surface area contributed by atoms with Gasteiger partial charge in [-0.15, -0.1) is 0 Å². The van der Waals surface area contributed by atoms with Crippen LogP contribution in [0.15, 0.2) is 0 Å². The Bertz CT molecular complexity index is 277. The lowest BCUT2D eigenvalue weighted by atomic mass is 10.0. The van der Waals surface area contributed by atoms with Crippen molar-refractivity contribution in [3.8, 4) is 0 Å². The van der Waals surface area contributed by atoms with E-state index in [0.29, 0.717) is 38.3 Å². The number of rotatable bonds is 14. The van der Waals surface area contributed by atoms with Gasteiger partial charge < -0.3 is 14.0 Å². The standard InChI is InChI=1S/C16H35O4P/c1-6-10-11-15(7-2)14-20-21(5,17)13-12-16(18-8-3)19-9-4/h15-16H,6-14H2,1-5H3. The third-order valence-corrected chi connectivity index (χ3v) is 5.37. The fourth-order valence-electron chi connectivity index (χ4n) is 2.15. The molecule has 0 aliphatic carbocycles. The van der Waals surface area contributed by atoms with Crippen LogP contribution in [0.25, 0.3) is 0 Å². The van der Waals surface area contributed by atoms with E-state index in [1.54, 1.807) is 6.66 Å². The van der Waals surface area contributed by atoms with Crippen LogP contribution in [-0.4, -0.2) is 38.9 Å². The maximum Gasteiger partial charge on any atom is 0.200 e. The van der Waals surface area contributed by atoms with Crippen molar-refractivity contribution >= 4 is 7.37 Å². The second-order valence-electron chi connectivity index (χ2n) is 5.58. The van der Waals surface area contributed by atoms with Gasteiger partial charge >= 0.3 is 0 Å². The van der Waals surface area contributed by atoms with Crippen molar-refractivity contribution in [3.63, 3.8) is 0 Å². The molecule has 0 aromatic heterocycles. The first-order valence-electron chi connectivity index (χ1n) is 8.43. The lowest BCUT2D eigenvalue weighted by Crippen LogP contribution is -2.19. The van der Waals surface area contributed by atoms with Crippen LogP contribution < -0.4 is 0 Å². The molecule has 0 amide bonds. The average molecular weight is 322 g/mol. The average Bonchev–Trinajstić information content (AvgIpc) is 2.45. The zero-order chi connectivity index (χ0) is 16.1. The Morgan fingerprint density at radius 2 is 1.62 bits per heavy atom. The van der Waals surface area contributed by atoms with Crippen molar-refractivity contribution in [2.45, 2.75) is 66.1 Å². The third kappa shape index (κ3) is 11.3. The van der Waals surface area contributed by atoms with Gasteiger partial charge in [0.1, 0.15) is 0 Å². The molecule has 0 heterocycles. The van der Waals surface area contributed by atoms with E-state index >= 15 is 0 Å². The highest BCUT2D eigenvalue weighted by Crippen LogP contribution is 2.44. The molecule has 0 aromatic carbocycles. The second-order valence-corrected chi connectivity index (χ2v) is 8.31. The maximum absolute atomic E-state index is 12.5. The molecule has 0 aliphatic heterocycles. The Morgan fingerprint density at radius 1 is 1.00 bits per heavy atom. The maximum atomic E-state index is 12.5. The fraction of sp³-hybridized carbons (Fsp3) is 1.00. The van der Waals surface area contributed by atoms with E-state index < -0.39 is 7.37 Å². The molecule has 0 bridgehead atoms. The SMILES string of the molecule is CCCCC(CC)COP(C)(=O)CCC(OCC)OCC. The summed E-state index contributed by atoms with van der Waals surface area (Å²) in [5.74, 6) is 0.521. The highest BCUT2D eigenvalue weighted by molar-refractivity contribution is 7.58. The Kier molecular flexibility index (Phi) is 12.7. The molecule has 21 heavy (non-hydrogen) atoms. The van der Waals surface area contributed by atoms with Crippen molar-refractivity contribution in [3.05, 3.63) is 0 Å². The molecule has 2 unspecified atom stereocenters. The highest BCUT2D eigenvalue weighted by atomic mass is 31.2. The number of hydrogen-bond acceptors (Lipinski definition) is 4. The molecule has 0 saturated heterocycles. The van der Waals surface area contributed by atoms with Crippen molar-refractivity contribution in [2.75, 3.05) is 32.6 Å². The largest absolute Gasteiger partial charge is 0.353 e. The van der Waals surface area contributed by atoms with E-state index in [2.05, 4.69) is 13.8 Å². The van der Waals surface area contributed by atoms with Crippen molar-refractivity contribution in [1.82, 2.24) is 0 Å². The summed E-state index contributed by atoms with van der Waals surface area (Å²) < 4.78 is 29.2. The van der Waals surface area contributed by atoms with Crippen LogP contribution in [0.3, 0.4) is 0 Å². The van der Waals surface area contributed by atoms with E-state index in [1.807, 2.05) is 13.8 Å². The summed E-state index contributed by atoms with van der Waals surface area (Å²) in [7, 11) is -2.55. The van der Waals surface area contributed by atoms with Gasteiger partial charge in [0.05, 0.1) is 6.61 Å². The number of ether oxygens (including phenoxy) is 2. The molecule has 0 saturated carbocycles. The van der Waals surface area contributed by atoms with Gasteiger partial charge in [0.15, 0.2) is 13.7 Å². The predicted molar refractivity (Wildman–Crippen MR) is 89.3 cm³/mol.